The molecule has 0 unspecified atom stereocenters. The van der Waals surface area contributed by atoms with E-state index in [-0.39, 0.29) is 56.8 Å². The zero-order valence-corrected chi connectivity index (χ0v) is 48.7. The van der Waals surface area contributed by atoms with Gasteiger partial charge >= 0.3 is 0 Å². The van der Waals surface area contributed by atoms with E-state index < -0.39 is 6.04 Å². The Bertz CT molecular complexity index is 4250. The molecule has 0 aliphatic heterocycles. The molecule has 398 valence electrons. The summed E-state index contributed by atoms with van der Waals surface area (Å²) >= 11 is 0. The number of aromatic nitrogens is 4. The van der Waals surface area contributed by atoms with Gasteiger partial charge in [-0.05, 0) is 143 Å². The largest absolute Gasteiger partial charge is 0.458 e. The van der Waals surface area contributed by atoms with Crippen molar-refractivity contribution in [1.29, 1.82) is 0 Å². The molecule has 0 atom stereocenters. The predicted molar refractivity (Wildman–Crippen MR) is 332 cm³/mol. The SMILES string of the molecule is [2H]c1c([2H])c([2H])c(-c2ccc3c(c2)n(-c2cccc(Oc4ccc5c6ccccc6n(-c6cc(C(C)(C)C)ccn6)c5c4)c2)[c-][n+]3-c2c(-c3cc(C(C)(C)C)cc(C(C)(C)C)c3)cccc2-c2cc(C(C)(C)C)cc(C(C)(C)C)c2)c([2H])c1[2H]. The van der Waals surface area contributed by atoms with E-state index in [0.717, 1.165) is 66.8 Å². The average Bonchev–Trinajstić information content (AvgIpc) is 1.59. The molecule has 0 saturated heterocycles. The third-order valence-corrected chi connectivity index (χ3v) is 15.5. The fourth-order valence-electron chi connectivity index (χ4n) is 10.7. The molecular formula is C74H76N4O. The summed E-state index contributed by atoms with van der Waals surface area (Å²) in [6.45, 7) is 33.9. The Labute approximate surface area is 476 Å². The molecule has 3 aromatic heterocycles. The number of nitrogens with zero attached hydrogens (tertiary/aromatic N) is 4. The van der Waals surface area contributed by atoms with E-state index in [2.05, 4.69) is 222 Å². The lowest BCUT2D eigenvalue weighted by Gasteiger charge is -2.28. The van der Waals surface area contributed by atoms with Crippen molar-refractivity contribution in [2.24, 2.45) is 0 Å². The van der Waals surface area contributed by atoms with E-state index in [1.165, 1.54) is 27.8 Å². The molecule has 0 bridgehead atoms. The molecule has 0 aliphatic rings. The molecule has 0 radical (unpaired) electrons. The molecule has 5 nitrogen and oxygen atoms in total. The second kappa shape index (κ2) is 19.4. The first-order valence-corrected chi connectivity index (χ1v) is 27.7. The molecule has 0 N–H and O–H groups in total. The van der Waals surface area contributed by atoms with Gasteiger partial charge in [-0.15, -0.1) is 0 Å². The molecule has 0 spiro atoms. The van der Waals surface area contributed by atoms with Crippen LogP contribution in [0.4, 0.5) is 0 Å². The first kappa shape index (κ1) is 47.0. The molecule has 0 amide bonds. The fraction of sp³-hybridized carbons (Fsp3) is 0.270. The van der Waals surface area contributed by atoms with Crippen LogP contribution < -0.4 is 9.30 Å². The van der Waals surface area contributed by atoms with Crippen molar-refractivity contribution in [2.75, 3.05) is 0 Å². The van der Waals surface area contributed by atoms with Crippen LogP contribution in [0.3, 0.4) is 0 Å². The molecule has 0 fully saturated rings. The summed E-state index contributed by atoms with van der Waals surface area (Å²) in [4.78, 5) is 4.92. The lowest BCUT2D eigenvalue weighted by molar-refractivity contribution is -0.571. The fourth-order valence-corrected chi connectivity index (χ4v) is 10.7. The molecule has 0 saturated carbocycles. The van der Waals surface area contributed by atoms with Crippen LogP contribution in [0.5, 0.6) is 11.5 Å². The monoisotopic (exact) mass is 1040 g/mol. The maximum Gasteiger partial charge on any atom is 0.269 e. The predicted octanol–water partition coefficient (Wildman–Crippen LogP) is 19.5. The Kier molecular flexibility index (Phi) is 11.6. The van der Waals surface area contributed by atoms with Crippen LogP contribution in [-0.4, -0.2) is 14.1 Å². The molecule has 5 heteroatoms. The summed E-state index contributed by atoms with van der Waals surface area (Å²) < 4.78 is 57.4. The Hall–Kier alpha value is -8.02. The number of benzene rings is 8. The zero-order chi connectivity index (χ0) is 60.3. The number of para-hydroxylation sites is 2. The Balaban J connectivity index is 1.17. The Morgan fingerprint density at radius 3 is 1.59 bits per heavy atom. The summed E-state index contributed by atoms with van der Waals surface area (Å²) in [6.07, 6.45) is 5.79. The number of hydrogen-bond donors (Lipinski definition) is 0. The van der Waals surface area contributed by atoms with Crippen LogP contribution in [0.15, 0.2) is 188 Å². The minimum Gasteiger partial charge on any atom is -0.458 e. The minimum atomic E-state index is -0.437. The van der Waals surface area contributed by atoms with Gasteiger partial charge < -0.3 is 4.74 Å². The third-order valence-electron chi connectivity index (χ3n) is 15.5. The van der Waals surface area contributed by atoms with Gasteiger partial charge in [-0.2, -0.15) is 0 Å². The van der Waals surface area contributed by atoms with E-state index in [1.807, 2.05) is 59.3 Å². The number of ether oxygens (including phenoxy) is 1. The first-order chi connectivity index (χ1) is 39.4. The van der Waals surface area contributed by atoms with E-state index in [0.29, 0.717) is 22.6 Å². The van der Waals surface area contributed by atoms with E-state index in [1.54, 1.807) is 0 Å². The second-order valence-corrected chi connectivity index (χ2v) is 26.6. The van der Waals surface area contributed by atoms with Crippen LogP contribution in [-0.2, 0) is 27.1 Å². The van der Waals surface area contributed by atoms with Crippen LogP contribution in [0.2, 0.25) is 0 Å². The summed E-state index contributed by atoms with van der Waals surface area (Å²) in [7, 11) is 0. The van der Waals surface area contributed by atoms with E-state index in [9.17, 15) is 0 Å². The number of fused-ring (bicyclic) bond motifs is 4. The maximum absolute atomic E-state index is 9.13. The third kappa shape index (κ3) is 10.3. The minimum absolute atomic E-state index is 0.0764. The smallest absolute Gasteiger partial charge is 0.269 e. The van der Waals surface area contributed by atoms with Gasteiger partial charge in [0.2, 0.25) is 0 Å². The molecule has 11 aromatic rings. The highest BCUT2D eigenvalue weighted by molar-refractivity contribution is 6.09. The molecule has 79 heavy (non-hydrogen) atoms. The number of rotatable bonds is 8. The highest BCUT2D eigenvalue weighted by atomic mass is 16.5. The van der Waals surface area contributed by atoms with Gasteiger partial charge in [0.15, 0.2) is 0 Å². The lowest BCUT2D eigenvalue weighted by Crippen LogP contribution is -2.31. The first-order valence-electron chi connectivity index (χ1n) is 30.2. The number of imidazole rings is 1. The van der Waals surface area contributed by atoms with Crippen molar-refractivity contribution in [1.82, 2.24) is 14.1 Å². The molecule has 0 aliphatic carbocycles. The number of pyridine rings is 1. The van der Waals surface area contributed by atoms with Crippen LogP contribution in [0.1, 0.15) is 139 Å². The van der Waals surface area contributed by atoms with Crippen LogP contribution in [0.25, 0.3) is 83.4 Å². The molecule has 3 heterocycles. The maximum atomic E-state index is 9.13. The van der Waals surface area contributed by atoms with Crippen molar-refractivity contribution >= 4 is 32.8 Å². The summed E-state index contributed by atoms with van der Waals surface area (Å²) in [5.41, 5.74) is 15.4. The zero-order valence-electron chi connectivity index (χ0n) is 53.7. The molecule has 8 aromatic carbocycles. The van der Waals surface area contributed by atoms with Crippen molar-refractivity contribution < 1.29 is 16.2 Å². The van der Waals surface area contributed by atoms with Crippen LogP contribution in [0, 0.1) is 6.33 Å². The van der Waals surface area contributed by atoms with Gasteiger partial charge in [-0.3, -0.25) is 13.7 Å². The summed E-state index contributed by atoms with van der Waals surface area (Å²) in [5, 5.41) is 2.20. The van der Waals surface area contributed by atoms with Gasteiger partial charge in [0.1, 0.15) is 17.3 Å². The van der Waals surface area contributed by atoms with E-state index in [4.69, 9.17) is 16.6 Å². The van der Waals surface area contributed by atoms with Crippen LogP contribution >= 0.6 is 0 Å². The molecular weight excluding hydrogens is 961 g/mol. The van der Waals surface area contributed by atoms with Crippen molar-refractivity contribution in [3.05, 3.63) is 222 Å². The number of hydrogen-bond acceptors (Lipinski definition) is 2. The standard InChI is InChI=1S/C74H76N4O/c1-70(2,3)52-35-36-75-68(44-52)78-64-30-20-19-27-62(64)63-33-32-59(46-66(63)78)79-58-26-21-25-57(45-58)76-47-77(65-34-31-49(41-67(65)76)48-23-17-16-18-24-48)69-60(50-37-53(71(4,5)6)42-54(38-50)72(7,8)9)28-22-29-61(69)51-39-55(73(10,11)12)43-56(40-51)74(13,14)15/h16-46H,1-15H3/i16D,17D,18D,23D,24D. The topological polar surface area (TPSA) is 35.9 Å². The quantitative estimate of drug-likeness (QED) is 0.112. The molecule has 11 rings (SSSR count). The van der Waals surface area contributed by atoms with Gasteiger partial charge in [0.05, 0.1) is 40.3 Å². The van der Waals surface area contributed by atoms with Gasteiger partial charge in [-0.25, -0.2) is 4.98 Å². The van der Waals surface area contributed by atoms with Gasteiger partial charge in [0.25, 0.3) is 6.33 Å². The Morgan fingerprint density at radius 1 is 0.443 bits per heavy atom. The second-order valence-electron chi connectivity index (χ2n) is 26.6. The normalized spacial score (nSPS) is 13.6. The van der Waals surface area contributed by atoms with Crippen molar-refractivity contribution in [3.63, 3.8) is 0 Å². The van der Waals surface area contributed by atoms with Crippen molar-refractivity contribution in [3.8, 4) is 62.1 Å². The van der Waals surface area contributed by atoms with Crippen molar-refractivity contribution in [2.45, 2.75) is 131 Å². The van der Waals surface area contributed by atoms with E-state index >= 15 is 0 Å². The Morgan fingerprint density at radius 2 is 1.00 bits per heavy atom. The average molecular weight is 1040 g/mol. The van der Waals surface area contributed by atoms with Gasteiger partial charge in [0, 0.05) is 23.0 Å². The summed E-state index contributed by atoms with van der Waals surface area (Å²) in [6, 6.07) is 51.6. The highest BCUT2D eigenvalue weighted by Crippen LogP contribution is 2.43. The highest BCUT2D eigenvalue weighted by Gasteiger charge is 2.28. The summed E-state index contributed by atoms with van der Waals surface area (Å²) in [5.74, 6) is 2.07. The van der Waals surface area contributed by atoms with Gasteiger partial charge in [-0.1, -0.05) is 225 Å². The lowest BCUT2D eigenvalue weighted by atomic mass is 9.77.